The van der Waals surface area contributed by atoms with E-state index < -0.39 is 11.5 Å². The monoisotopic (exact) mass is 327 g/mol. The van der Waals surface area contributed by atoms with Crippen molar-refractivity contribution in [3.63, 3.8) is 0 Å². The lowest BCUT2D eigenvalue weighted by molar-refractivity contribution is -0.147. The summed E-state index contributed by atoms with van der Waals surface area (Å²) in [7, 11) is 1.68. The number of fused-ring (bicyclic) bond motifs is 4. The zero-order valence-electron chi connectivity index (χ0n) is 13.5. The molecule has 3 heterocycles. The highest BCUT2D eigenvalue weighted by Gasteiger charge is 2.65. The third-order valence-corrected chi connectivity index (χ3v) is 4.85. The highest BCUT2D eigenvalue weighted by atomic mass is 16.5. The van der Waals surface area contributed by atoms with Gasteiger partial charge in [0.1, 0.15) is 0 Å². The van der Waals surface area contributed by atoms with Gasteiger partial charge in [0.25, 0.3) is 5.91 Å². The van der Waals surface area contributed by atoms with Gasteiger partial charge in [-0.2, -0.15) is 5.01 Å². The van der Waals surface area contributed by atoms with Crippen molar-refractivity contribution in [1.29, 1.82) is 0 Å². The molecule has 7 heteroatoms. The Balaban J connectivity index is 1.97. The fourth-order valence-corrected chi connectivity index (χ4v) is 3.84. The van der Waals surface area contributed by atoms with Crippen molar-refractivity contribution >= 4 is 23.5 Å². The molecule has 0 aliphatic carbocycles. The molecule has 0 aromatic heterocycles. The summed E-state index contributed by atoms with van der Waals surface area (Å²) >= 11 is 0. The SMILES string of the molecule is CCOC(=O)C1=CN2C(=O)CCN2C12C(=O)N(C)c1ccccc12. The maximum atomic E-state index is 13.3. The van der Waals surface area contributed by atoms with Crippen LogP contribution in [0.4, 0.5) is 5.69 Å². The van der Waals surface area contributed by atoms with Crippen LogP contribution in [-0.4, -0.2) is 48.0 Å². The van der Waals surface area contributed by atoms with E-state index in [4.69, 9.17) is 4.74 Å². The summed E-state index contributed by atoms with van der Waals surface area (Å²) in [6.45, 7) is 2.29. The number of rotatable bonds is 2. The summed E-state index contributed by atoms with van der Waals surface area (Å²) in [6.07, 6.45) is 1.77. The second-order valence-electron chi connectivity index (χ2n) is 5.97. The quantitative estimate of drug-likeness (QED) is 0.751. The number of hydrogen-bond donors (Lipinski definition) is 0. The van der Waals surface area contributed by atoms with Crippen LogP contribution in [0.5, 0.6) is 0 Å². The fourth-order valence-electron chi connectivity index (χ4n) is 3.84. The summed E-state index contributed by atoms with van der Waals surface area (Å²) < 4.78 is 5.17. The molecule has 1 atom stereocenters. The molecule has 1 spiro atoms. The third kappa shape index (κ3) is 1.57. The van der Waals surface area contributed by atoms with Crippen LogP contribution in [0, 0.1) is 0 Å². The standard InChI is InChI=1S/C17H17N3O4/c1-3-24-15(22)12-10-19-14(21)8-9-20(19)17(12)11-6-4-5-7-13(11)18(2)16(17)23/h4-7,10H,3,8-9H2,1-2H3. The number of carbonyl (C=O) groups excluding carboxylic acids is 3. The number of carbonyl (C=O) groups is 3. The summed E-state index contributed by atoms with van der Waals surface area (Å²) in [5.74, 6) is -0.952. The molecule has 0 bridgehead atoms. The minimum absolute atomic E-state index is 0.131. The summed E-state index contributed by atoms with van der Waals surface area (Å²) in [6, 6.07) is 7.34. The highest BCUT2D eigenvalue weighted by molar-refractivity contribution is 6.15. The van der Waals surface area contributed by atoms with Crippen molar-refractivity contribution in [3.8, 4) is 0 Å². The smallest absolute Gasteiger partial charge is 0.338 e. The molecule has 1 unspecified atom stereocenters. The van der Waals surface area contributed by atoms with E-state index in [0.717, 1.165) is 5.69 Å². The van der Waals surface area contributed by atoms with E-state index in [9.17, 15) is 14.4 Å². The number of hydrogen-bond acceptors (Lipinski definition) is 5. The first-order valence-electron chi connectivity index (χ1n) is 7.90. The summed E-state index contributed by atoms with van der Waals surface area (Å²) in [5.41, 5.74) is 0.316. The highest BCUT2D eigenvalue weighted by Crippen LogP contribution is 2.53. The Morgan fingerprint density at radius 2 is 2.04 bits per heavy atom. The van der Waals surface area contributed by atoms with Crippen molar-refractivity contribution in [2.24, 2.45) is 0 Å². The van der Waals surface area contributed by atoms with Crippen LogP contribution in [-0.2, 0) is 24.7 Å². The van der Waals surface area contributed by atoms with Crippen molar-refractivity contribution in [2.75, 3.05) is 25.1 Å². The van der Waals surface area contributed by atoms with E-state index in [-0.39, 0.29) is 24.0 Å². The molecule has 4 rings (SSSR count). The van der Waals surface area contributed by atoms with Crippen LogP contribution in [0.3, 0.4) is 0 Å². The van der Waals surface area contributed by atoms with E-state index >= 15 is 0 Å². The summed E-state index contributed by atoms with van der Waals surface area (Å²) in [4.78, 5) is 39.6. The number of benzene rings is 1. The molecule has 124 valence electrons. The molecule has 7 nitrogen and oxygen atoms in total. The Labute approximate surface area is 139 Å². The number of anilines is 1. The largest absolute Gasteiger partial charge is 0.463 e. The van der Waals surface area contributed by atoms with Crippen molar-refractivity contribution in [1.82, 2.24) is 10.0 Å². The van der Waals surface area contributed by atoms with Gasteiger partial charge in [-0.1, -0.05) is 18.2 Å². The Kier molecular flexibility index (Phi) is 3.05. The Hall–Kier alpha value is -2.67. The van der Waals surface area contributed by atoms with Gasteiger partial charge < -0.3 is 9.64 Å². The third-order valence-electron chi connectivity index (χ3n) is 4.85. The van der Waals surface area contributed by atoms with Gasteiger partial charge in [-0.25, -0.2) is 9.80 Å². The van der Waals surface area contributed by atoms with Gasteiger partial charge in [0.15, 0.2) is 5.54 Å². The topological polar surface area (TPSA) is 70.2 Å². The minimum Gasteiger partial charge on any atom is -0.463 e. The molecular weight excluding hydrogens is 310 g/mol. The van der Waals surface area contributed by atoms with E-state index in [1.165, 1.54) is 16.1 Å². The summed E-state index contributed by atoms with van der Waals surface area (Å²) in [5, 5.41) is 3.08. The second kappa shape index (κ2) is 4.91. The maximum absolute atomic E-state index is 13.3. The first-order chi connectivity index (χ1) is 11.5. The van der Waals surface area contributed by atoms with Crippen molar-refractivity contribution in [3.05, 3.63) is 41.6 Å². The number of amides is 2. The molecule has 1 aromatic rings. The molecule has 3 aliphatic rings. The van der Waals surface area contributed by atoms with Gasteiger partial charge in [0.2, 0.25) is 5.91 Å². The molecule has 1 aromatic carbocycles. The number of para-hydroxylation sites is 1. The molecule has 0 radical (unpaired) electrons. The maximum Gasteiger partial charge on any atom is 0.338 e. The van der Waals surface area contributed by atoms with Crippen LogP contribution in [0.2, 0.25) is 0 Å². The molecule has 1 fully saturated rings. The number of nitrogens with zero attached hydrogens (tertiary/aromatic N) is 3. The molecule has 0 N–H and O–H groups in total. The Morgan fingerprint density at radius 3 is 2.79 bits per heavy atom. The van der Waals surface area contributed by atoms with Crippen LogP contribution < -0.4 is 4.90 Å². The molecule has 2 amide bonds. The lowest BCUT2D eigenvalue weighted by atomic mass is 9.84. The second-order valence-corrected chi connectivity index (χ2v) is 5.97. The van der Waals surface area contributed by atoms with Crippen LogP contribution in [0.15, 0.2) is 36.0 Å². The van der Waals surface area contributed by atoms with Gasteiger partial charge in [-0.15, -0.1) is 0 Å². The van der Waals surface area contributed by atoms with Gasteiger partial charge in [-0.05, 0) is 13.0 Å². The molecule has 24 heavy (non-hydrogen) atoms. The Morgan fingerprint density at radius 1 is 1.29 bits per heavy atom. The van der Waals surface area contributed by atoms with Gasteiger partial charge in [0, 0.05) is 37.5 Å². The minimum atomic E-state index is -1.32. The number of ether oxygens (including phenoxy) is 1. The zero-order chi connectivity index (χ0) is 17.1. The van der Waals surface area contributed by atoms with Crippen LogP contribution >= 0.6 is 0 Å². The molecule has 3 aliphatic heterocycles. The van der Waals surface area contributed by atoms with E-state index in [0.29, 0.717) is 18.5 Å². The zero-order valence-corrected chi connectivity index (χ0v) is 13.5. The van der Waals surface area contributed by atoms with Gasteiger partial charge in [-0.3, -0.25) is 9.59 Å². The van der Waals surface area contributed by atoms with Crippen molar-refractivity contribution < 1.29 is 19.1 Å². The number of likely N-dealkylation sites (N-methyl/N-ethyl adjacent to an activating group) is 1. The van der Waals surface area contributed by atoms with E-state index in [1.807, 2.05) is 24.3 Å². The van der Waals surface area contributed by atoms with Crippen molar-refractivity contribution in [2.45, 2.75) is 18.9 Å². The first-order valence-corrected chi connectivity index (χ1v) is 7.90. The molecule has 1 saturated heterocycles. The average Bonchev–Trinajstić information content (AvgIpc) is 3.18. The Bertz CT molecular complexity index is 803. The van der Waals surface area contributed by atoms with E-state index in [1.54, 1.807) is 19.0 Å². The molecular formula is C17H17N3O4. The molecule has 0 saturated carbocycles. The van der Waals surface area contributed by atoms with Gasteiger partial charge in [0.05, 0.1) is 12.2 Å². The lowest BCUT2D eigenvalue weighted by Gasteiger charge is -2.34. The average molecular weight is 327 g/mol. The lowest BCUT2D eigenvalue weighted by Crippen LogP contribution is -2.54. The van der Waals surface area contributed by atoms with Gasteiger partial charge >= 0.3 is 5.97 Å². The van der Waals surface area contributed by atoms with E-state index in [2.05, 4.69) is 0 Å². The van der Waals surface area contributed by atoms with Crippen LogP contribution in [0.25, 0.3) is 0 Å². The number of hydrazine groups is 1. The number of esters is 1. The normalized spacial score (nSPS) is 25.3. The first kappa shape index (κ1) is 14.9. The predicted molar refractivity (Wildman–Crippen MR) is 84.4 cm³/mol. The van der Waals surface area contributed by atoms with Crippen LogP contribution in [0.1, 0.15) is 18.9 Å². The predicted octanol–water partition coefficient (Wildman–Crippen LogP) is 0.768. The fraction of sp³-hybridized carbons (Fsp3) is 0.353.